The lowest BCUT2D eigenvalue weighted by atomic mass is 10.1. The number of hydrogen-bond donors (Lipinski definition) is 1. The smallest absolute Gasteiger partial charge is 0.183 e. The van der Waals surface area contributed by atoms with Gasteiger partial charge in [0.25, 0.3) is 0 Å². The van der Waals surface area contributed by atoms with E-state index >= 15 is 0 Å². The molecule has 1 N–H and O–H groups in total. The van der Waals surface area contributed by atoms with E-state index in [2.05, 4.69) is 46.4 Å². The molecule has 0 atom stereocenters. The Kier molecular flexibility index (Phi) is 4.68. The van der Waals surface area contributed by atoms with Crippen molar-refractivity contribution in [3.8, 4) is 11.3 Å². The Labute approximate surface area is 130 Å². The number of anilines is 1. The number of hydrogen-bond acceptors (Lipinski definition) is 4. The minimum atomic E-state index is 0.542. The van der Waals surface area contributed by atoms with Crippen molar-refractivity contribution in [2.75, 3.05) is 25.0 Å². The third-order valence-electron chi connectivity index (χ3n) is 3.88. The van der Waals surface area contributed by atoms with Crippen LogP contribution < -0.4 is 5.32 Å². The third kappa shape index (κ3) is 3.71. The van der Waals surface area contributed by atoms with Gasteiger partial charge in [-0.2, -0.15) is 0 Å². The fourth-order valence-electron chi connectivity index (χ4n) is 2.70. The van der Waals surface area contributed by atoms with E-state index < -0.39 is 0 Å². The van der Waals surface area contributed by atoms with Gasteiger partial charge in [-0.25, -0.2) is 4.98 Å². The molecule has 0 aliphatic carbocycles. The summed E-state index contributed by atoms with van der Waals surface area (Å²) >= 11 is 1.70. The first-order valence-electron chi connectivity index (χ1n) is 7.46. The molecule has 3 nitrogen and oxygen atoms in total. The Balaban J connectivity index is 1.57. The number of nitrogens with one attached hydrogen (secondary N) is 1. The predicted molar refractivity (Wildman–Crippen MR) is 90.8 cm³/mol. The van der Waals surface area contributed by atoms with Crippen molar-refractivity contribution < 1.29 is 0 Å². The maximum Gasteiger partial charge on any atom is 0.183 e. The van der Waals surface area contributed by atoms with Crippen LogP contribution in [0.25, 0.3) is 11.3 Å². The topological polar surface area (TPSA) is 28.2 Å². The van der Waals surface area contributed by atoms with Gasteiger partial charge in [-0.05, 0) is 12.8 Å². The van der Waals surface area contributed by atoms with Gasteiger partial charge in [0.1, 0.15) is 0 Å². The Morgan fingerprint density at radius 2 is 2.05 bits per heavy atom. The van der Waals surface area contributed by atoms with Crippen molar-refractivity contribution in [1.82, 2.24) is 9.88 Å². The summed E-state index contributed by atoms with van der Waals surface area (Å²) < 4.78 is 0. The van der Waals surface area contributed by atoms with Gasteiger partial charge in [0.05, 0.1) is 5.69 Å². The molecule has 21 heavy (non-hydrogen) atoms. The molecule has 0 spiro atoms. The average molecular weight is 299 g/mol. The molecule has 4 heteroatoms. The molecule has 2 aromatic rings. The van der Waals surface area contributed by atoms with Crippen LogP contribution in [0.4, 0.5) is 5.13 Å². The molecule has 1 aliphatic rings. The maximum atomic E-state index is 4.71. The zero-order chi connectivity index (χ0) is 14.5. The molecule has 2 heterocycles. The SMILES string of the molecule is C=CCN1CCC(Nc2nc(-c3ccccc3)cs2)CC1. The Bertz CT molecular complexity index is 571. The third-order valence-corrected chi connectivity index (χ3v) is 4.65. The van der Waals surface area contributed by atoms with Crippen LogP contribution in [0.15, 0.2) is 48.4 Å². The van der Waals surface area contributed by atoms with Crippen LogP contribution >= 0.6 is 11.3 Å². The molecule has 0 saturated carbocycles. The molecule has 1 aromatic carbocycles. The van der Waals surface area contributed by atoms with E-state index in [9.17, 15) is 0 Å². The fourth-order valence-corrected chi connectivity index (χ4v) is 3.50. The second kappa shape index (κ2) is 6.87. The largest absolute Gasteiger partial charge is 0.359 e. The minimum absolute atomic E-state index is 0.542. The normalized spacial score (nSPS) is 16.8. The van der Waals surface area contributed by atoms with E-state index in [4.69, 9.17) is 4.98 Å². The summed E-state index contributed by atoms with van der Waals surface area (Å²) in [6.07, 6.45) is 4.34. The highest BCUT2D eigenvalue weighted by atomic mass is 32.1. The predicted octanol–water partition coefficient (Wildman–Crippen LogP) is 3.87. The van der Waals surface area contributed by atoms with Crippen molar-refractivity contribution in [2.24, 2.45) is 0 Å². The number of thiazole rings is 1. The first kappa shape index (κ1) is 14.3. The summed E-state index contributed by atoms with van der Waals surface area (Å²) in [5.41, 5.74) is 2.25. The van der Waals surface area contributed by atoms with Gasteiger partial charge in [0.15, 0.2) is 5.13 Å². The molecular weight excluding hydrogens is 278 g/mol. The number of likely N-dealkylation sites (tertiary alicyclic amines) is 1. The van der Waals surface area contributed by atoms with Crippen LogP contribution in [0.5, 0.6) is 0 Å². The highest BCUT2D eigenvalue weighted by Gasteiger charge is 2.19. The minimum Gasteiger partial charge on any atom is -0.359 e. The molecule has 0 unspecified atom stereocenters. The van der Waals surface area contributed by atoms with Crippen molar-refractivity contribution in [1.29, 1.82) is 0 Å². The fraction of sp³-hybridized carbons (Fsp3) is 0.353. The van der Waals surface area contributed by atoms with Gasteiger partial charge in [0.2, 0.25) is 0 Å². The van der Waals surface area contributed by atoms with Crippen molar-refractivity contribution in [2.45, 2.75) is 18.9 Å². The second-order valence-electron chi connectivity index (χ2n) is 5.41. The number of rotatable bonds is 5. The molecule has 3 rings (SSSR count). The standard InChI is InChI=1S/C17H21N3S/c1-2-10-20-11-8-15(9-12-20)18-17-19-16(13-21-17)14-6-4-3-5-7-14/h2-7,13,15H,1,8-12H2,(H,18,19). The highest BCUT2D eigenvalue weighted by Crippen LogP contribution is 2.26. The van der Waals surface area contributed by atoms with E-state index in [0.29, 0.717) is 6.04 Å². The van der Waals surface area contributed by atoms with E-state index in [1.807, 2.05) is 12.1 Å². The quantitative estimate of drug-likeness (QED) is 0.849. The monoisotopic (exact) mass is 299 g/mol. The summed E-state index contributed by atoms with van der Waals surface area (Å²) in [5.74, 6) is 0. The van der Waals surface area contributed by atoms with Crippen LogP contribution in [0.2, 0.25) is 0 Å². The van der Waals surface area contributed by atoms with Gasteiger partial charge in [-0.3, -0.25) is 4.90 Å². The summed E-state index contributed by atoms with van der Waals surface area (Å²) in [5, 5.41) is 6.76. The van der Waals surface area contributed by atoms with Crippen LogP contribution in [-0.2, 0) is 0 Å². The second-order valence-corrected chi connectivity index (χ2v) is 6.27. The molecule has 0 amide bonds. The van der Waals surface area contributed by atoms with Gasteiger partial charge >= 0.3 is 0 Å². The van der Waals surface area contributed by atoms with Crippen LogP contribution in [0.1, 0.15) is 12.8 Å². The number of nitrogens with zero attached hydrogens (tertiary/aromatic N) is 2. The maximum absolute atomic E-state index is 4.71. The zero-order valence-electron chi connectivity index (χ0n) is 12.2. The highest BCUT2D eigenvalue weighted by molar-refractivity contribution is 7.14. The molecular formula is C17H21N3S. The summed E-state index contributed by atoms with van der Waals surface area (Å²) in [6.45, 7) is 7.09. The molecule has 0 bridgehead atoms. The lowest BCUT2D eigenvalue weighted by Gasteiger charge is -2.31. The molecule has 1 fully saturated rings. The summed E-state index contributed by atoms with van der Waals surface area (Å²) in [4.78, 5) is 7.15. The Morgan fingerprint density at radius 1 is 1.29 bits per heavy atom. The van der Waals surface area contributed by atoms with Crippen LogP contribution in [0.3, 0.4) is 0 Å². The first-order chi connectivity index (χ1) is 10.3. The molecule has 1 saturated heterocycles. The van der Waals surface area contributed by atoms with E-state index in [0.717, 1.165) is 30.5 Å². The van der Waals surface area contributed by atoms with E-state index in [1.165, 1.54) is 18.4 Å². The van der Waals surface area contributed by atoms with Crippen LogP contribution in [0, 0.1) is 0 Å². The van der Waals surface area contributed by atoms with Gasteiger partial charge in [0, 0.05) is 36.6 Å². The van der Waals surface area contributed by atoms with Gasteiger partial charge < -0.3 is 5.32 Å². The zero-order valence-corrected chi connectivity index (χ0v) is 13.0. The van der Waals surface area contributed by atoms with Crippen molar-refractivity contribution in [3.05, 3.63) is 48.4 Å². The Hall–Kier alpha value is -1.65. The Morgan fingerprint density at radius 3 is 2.76 bits per heavy atom. The number of piperidine rings is 1. The lowest BCUT2D eigenvalue weighted by molar-refractivity contribution is 0.240. The van der Waals surface area contributed by atoms with Crippen molar-refractivity contribution in [3.63, 3.8) is 0 Å². The van der Waals surface area contributed by atoms with E-state index in [1.54, 1.807) is 11.3 Å². The van der Waals surface area contributed by atoms with Gasteiger partial charge in [-0.1, -0.05) is 36.4 Å². The molecule has 110 valence electrons. The van der Waals surface area contributed by atoms with E-state index in [-0.39, 0.29) is 0 Å². The summed E-state index contributed by atoms with van der Waals surface area (Å²) in [6, 6.07) is 10.9. The van der Waals surface area contributed by atoms with Crippen molar-refractivity contribution >= 4 is 16.5 Å². The molecule has 1 aliphatic heterocycles. The number of benzene rings is 1. The molecule has 0 radical (unpaired) electrons. The number of aromatic nitrogens is 1. The van der Waals surface area contributed by atoms with Gasteiger partial charge in [-0.15, -0.1) is 17.9 Å². The first-order valence-corrected chi connectivity index (χ1v) is 8.34. The molecule has 1 aromatic heterocycles. The van der Waals surface area contributed by atoms with Crippen LogP contribution in [-0.4, -0.2) is 35.6 Å². The lowest BCUT2D eigenvalue weighted by Crippen LogP contribution is -2.39. The summed E-state index contributed by atoms with van der Waals surface area (Å²) in [7, 11) is 0. The average Bonchev–Trinajstić information content (AvgIpc) is 2.99.